The molecule has 0 aliphatic rings. The zero-order chi connectivity index (χ0) is 13.0. The first-order valence-electron chi connectivity index (χ1n) is 6.08. The summed E-state index contributed by atoms with van der Waals surface area (Å²) in [7, 11) is 0. The Bertz CT molecular complexity index is 561. The van der Waals surface area contributed by atoms with Gasteiger partial charge in [0.25, 0.3) is 0 Å². The van der Waals surface area contributed by atoms with Crippen LogP contribution in [0.15, 0.2) is 42.5 Å². The predicted molar refractivity (Wildman–Crippen MR) is 76.3 cm³/mol. The van der Waals surface area contributed by atoms with E-state index in [0.29, 0.717) is 10.6 Å². The van der Waals surface area contributed by atoms with Crippen LogP contribution < -0.4 is 0 Å². The Morgan fingerprint density at radius 2 is 1.89 bits per heavy atom. The first kappa shape index (κ1) is 12.8. The summed E-state index contributed by atoms with van der Waals surface area (Å²) in [6.45, 7) is 2.17. The summed E-state index contributed by atoms with van der Waals surface area (Å²) < 4.78 is 0. The Morgan fingerprint density at radius 3 is 2.56 bits per heavy atom. The lowest BCUT2D eigenvalue weighted by Gasteiger charge is -2.06. The Morgan fingerprint density at radius 1 is 1.11 bits per heavy atom. The molecule has 0 unspecified atom stereocenters. The first-order chi connectivity index (χ1) is 8.74. The van der Waals surface area contributed by atoms with Gasteiger partial charge >= 0.3 is 0 Å². The minimum Gasteiger partial charge on any atom is -0.298 e. The largest absolute Gasteiger partial charge is 0.298 e. The maximum Gasteiger partial charge on any atom is 0.151 e. The molecule has 0 bridgehead atoms. The second kappa shape index (κ2) is 5.83. The van der Waals surface area contributed by atoms with Gasteiger partial charge in [0, 0.05) is 5.56 Å². The van der Waals surface area contributed by atoms with Crippen LogP contribution in [0.5, 0.6) is 0 Å². The average Bonchev–Trinajstić information content (AvgIpc) is 2.39. The lowest BCUT2D eigenvalue weighted by molar-refractivity contribution is 0.112. The van der Waals surface area contributed by atoms with Gasteiger partial charge in [0.15, 0.2) is 6.29 Å². The van der Waals surface area contributed by atoms with Gasteiger partial charge in [-0.3, -0.25) is 4.79 Å². The number of aldehydes is 1. The average molecular weight is 259 g/mol. The van der Waals surface area contributed by atoms with E-state index in [9.17, 15) is 4.79 Å². The van der Waals surface area contributed by atoms with Gasteiger partial charge in [-0.15, -0.1) is 0 Å². The number of hydrogen-bond donors (Lipinski definition) is 0. The van der Waals surface area contributed by atoms with E-state index >= 15 is 0 Å². The lowest BCUT2D eigenvalue weighted by Crippen LogP contribution is -1.87. The van der Waals surface area contributed by atoms with Crippen LogP contribution >= 0.6 is 11.6 Å². The van der Waals surface area contributed by atoms with Crippen molar-refractivity contribution in [2.24, 2.45) is 0 Å². The molecule has 92 valence electrons. The molecule has 2 heteroatoms. The summed E-state index contributed by atoms with van der Waals surface area (Å²) in [6, 6.07) is 14.0. The van der Waals surface area contributed by atoms with Crippen molar-refractivity contribution in [2.75, 3.05) is 0 Å². The number of carbonyl (C=O) groups excluding carboxylic acids is 1. The van der Waals surface area contributed by atoms with Crippen molar-refractivity contribution in [3.05, 3.63) is 58.6 Å². The van der Waals surface area contributed by atoms with Crippen molar-refractivity contribution in [3.63, 3.8) is 0 Å². The number of benzene rings is 2. The maximum absolute atomic E-state index is 10.7. The van der Waals surface area contributed by atoms with E-state index in [1.165, 1.54) is 5.56 Å². The summed E-state index contributed by atoms with van der Waals surface area (Å²) in [5, 5.41) is 0.503. The Hall–Kier alpha value is -1.60. The highest BCUT2D eigenvalue weighted by atomic mass is 35.5. The van der Waals surface area contributed by atoms with Crippen LogP contribution in [0, 0.1) is 0 Å². The van der Waals surface area contributed by atoms with Crippen LogP contribution in [-0.2, 0) is 6.42 Å². The number of aryl methyl sites for hydroxylation is 1. The van der Waals surface area contributed by atoms with Crippen molar-refractivity contribution in [1.82, 2.24) is 0 Å². The van der Waals surface area contributed by atoms with E-state index in [4.69, 9.17) is 11.6 Å². The molecule has 0 amide bonds. The molecule has 0 heterocycles. The number of rotatable bonds is 4. The summed E-state index contributed by atoms with van der Waals surface area (Å²) in [5.41, 5.74) is 4.04. The normalized spacial score (nSPS) is 10.3. The first-order valence-corrected chi connectivity index (χ1v) is 6.46. The van der Waals surface area contributed by atoms with Gasteiger partial charge in [-0.05, 0) is 35.2 Å². The molecule has 2 aromatic rings. The van der Waals surface area contributed by atoms with Crippen LogP contribution in [0.3, 0.4) is 0 Å². The summed E-state index contributed by atoms with van der Waals surface area (Å²) in [5.74, 6) is 0. The smallest absolute Gasteiger partial charge is 0.151 e. The van der Waals surface area contributed by atoms with Crippen molar-refractivity contribution >= 4 is 17.9 Å². The molecule has 2 aromatic carbocycles. The van der Waals surface area contributed by atoms with Crippen molar-refractivity contribution in [3.8, 4) is 11.1 Å². The van der Waals surface area contributed by atoms with E-state index in [2.05, 4.69) is 31.2 Å². The van der Waals surface area contributed by atoms with Gasteiger partial charge in [0.05, 0.1) is 5.02 Å². The van der Waals surface area contributed by atoms with Gasteiger partial charge in [-0.25, -0.2) is 0 Å². The second-order valence-corrected chi connectivity index (χ2v) is 4.71. The summed E-state index contributed by atoms with van der Waals surface area (Å²) in [4.78, 5) is 10.7. The molecule has 0 saturated carbocycles. The monoisotopic (exact) mass is 258 g/mol. The van der Waals surface area contributed by atoms with Crippen molar-refractivity contribution in [1.29, 1.82) is 0 Å². The van der Waals surface area contributed by atoms with Crippen LogP contribution in [0.1, 0.15) is 29.3 Å². The minimum absolute atomic E-state index is 0.503. The molecule has 2 rings (SSSR count). The van der Waals surface area contributed by atoms with Gasteiger partial charge in [-0.1, -0.05) is 55.3 Å². The van der Waals surface area contributed by atoms with Crippen LogP contribution in [0.2, 0.25) is 5.02 Å². The van der Waals surface area contributed by atoms with E-state index in [0.717, 1.165) is 30.3 Å². The molecular formula is C16H15ClO. The molecule has 0 saturated heterocycles. The Balaban J connectivity index is 2.39. The van der Waals surface area contributed by atoms with Gasteiger partial charge in [-0.2, -0.15) is 0 Å². The number of carbonyl (C=O) groups is 1. The zero-order valence-corrected chi connectivity index (χ0v) is 11.1. The molecule has 0 spiro atoms. The summed E-state index contributed by atoms with van der Waals surface area (Å²) >= 11 is 6.05. The maximum atomic E-state index is 10.7. The second-order valence-electron chi connectivity index (χ2n) is 4.30. The van der Waals surface area contributed by atoms with Crippen molar-refractivity contribution in [2.45, 2.75) is 19.8 Å². The Labute approximate surface area is 112 Å². The molecule has 0 fully saturated rings. The molecule has 0 radical (unpaired) electrons. The highest BCUT2D eigenvalue weighted by Gasteiger charge is 2.03. The van der Waals surface area contributed by atoms with E-state index in [1.54, 1.807) is 6.07 Å². The molecular weight excluding hydrogens is 244 g/mol. The topological polar surface area (TPSA) is 17.1 Å². The Kier molecular flexibility index (Phi) is 4.16. The molecule has 0 aliphatic carbocycles. The molecule has 1 nitrogen and oxygen atoms in total. The predicted octanol–water partition coefficient (Wildman–Crippen LogP) is 4.77. The minimum atomic E-state index is 0.503. The third-order valence-electron chi connectivity index (χ3n) is 2.93. The highest BCUT2D eigenvalue weighted by molar-refractivity contribution is 6.33. The van der Waals surface area contributed by atoms with E-state index in [1.807, 2.05) is 12.1 Å². The van der Waals surface area contributed by atoms with E-state index < -0.39 is 0 Å². The molecule has 0 aromatic heterocycles. The van der Waals surface area contributed by atoms with Crippen LogP contribution in [0.4, 0.5) is 0 Å². The SMILES string of the molecule is CCCc1cccc(-c2ccc(C=O)c(Cl)c2)c1. The zero-order valence-electron chi connectivity index (χ0n) is 10.3. The number of hydrogen-bond acceptors (Lipinski definition) is 1. The molecule has 0 aliphatic heterocycles. The van der Waals surface area contributed by atoms with Crippen LogP contribution in [0.25, 0.3) is 11.1 Å². The van der Waals surface area contributed by atoms with Crippen molar-refractivity contribution < 1.29 is 4.79 Å². The third-order valence-corrected chi connectivity index (χ3v) is 3.25. The quantitative estimate of drug-likeness (QED) is 0.722. The van der Waals surface area contributed by atoms with Gasteiger partial charge < -0.3 is 0 Å². The third kappa shape index (κ3) is 2.80. The molecule has 0 atom stereocenters. The van der Waals surface area contributed by atoms with Crippen LogP contribution in [-0.4, -0.2) is 6.29 Å². The fourth-order valence-electron chi connectivity index (χ4n) is 2.00. The van der Waals surface area contributed by atoms with Gasteiger partial charge in [0.1, 0.15) is 0 Å². The lowest BCUT2D eigenvalue weighted by atomic mass is 10.0. The summed E-state index contributed by atoms with van der Waals surface area (Å²) in [6.07, 6.45) is 2.99. The highest BCUT2D eigenvalue weighted by Crippen LogP contribution is 2.25. The standard InChI is InChI=1S/C16H15ClO/c1-2-4-12-5-3-6-13(9-12)14-7-8-15(11-18)16(17)10-14/h3,5-11H,2,4H2,1H3. The fraction of sp³-hybridized carbons (Fsp3) is 0.188. The molecule has 0 N–H and O–H groups in total. The van der Waals surface area contributed by atoms with E-state index in [-0.39, 0.29) is 0 Å². The van der Waals surface area contributed by atoms with Gasteiger partial charge in [0.2, 0.25) is 0 Å². The number of halogens is 1. The fourth-order valence-corrected chi connectivity index (χ4v) is 2.22. The molecule has 18 heavy (non-hydrogen) atoms.